The first-order valence-electron chi connectivity index (χ1n) is 5.40. The van der Waals surface area contributed by atoms with E-state index < -0.39 is 5.60 Å². The number of anilines is 1. The summed E-state index contributed by atoms with van der Waals surface area (Å²) >= 11 is 5.93. The number of ether oxygens (including phenoxy) is 1. The molecule has 0 saturated heterocycles. The third-order valence-electron chi connectivity index (χ3n) is 3.17. The topological polar surface area (TPSA) is 86.2 Å². The average molecular weight is 259 g/mol. The van der Waals surface area contributed by atoms with Crippen LogP contribution < -0.4 is 17.0 Å². The lowest BCUT2D eigenvalue weighted by Gasteiger charge is -2.35. The molecule has 1 heterocycles. The standard InChI is InChI=1S/C11H19ClN4O/c1-4-11(2,17-3)9(16-14)8-5-7(12)6-15-10(8)13/h5-6,9,16H,4,14H2,1-3H3,(H2,13,15). The maximum absolute atomic E-state index is 5.93. The molecule has 1 rings (SSSR count). The molecule has 0 bridgehead atoms. The van der Waals surface area contributed by atoms with Crippen molar-refractivity contribution in [1.29, 1.82) is 0 Å². The summed E-state index contributed by atoms with van der Waals surface area (Å²) in [5.41, 5.74) is 8.84. The Morgan fingerprint density at radius 2 is 2.29 bits per heavy atom. The Hall–Kier alpha value is -0.880. The molecule has 96 valence electrons. The van der Waals surface area contributed by atoms with E-state index in [1.54, 1.807) is 13.2 Å². The van der Waals surface area contributed by atoms with Gasteiger partial charge in [-0.3, -0.25) is 5.84 Å². The van der Waals surface area contributed by atoms with Gasteiger partial charge in [0.1, 0.15) is 5.82 Å². The molecule has 5 N–H and O–H groups in total. The SMILES string of the molecule is CCC(C)(OC)C(NN)c1cc(Cl)cnc1N. The van der Waals surface area contributed by atoms with E-state index in [1.807, 2.05) is 13.8 Å². The van der Waals surface area contributed by atoms with Crippen LogP contribution in [-0.2, 0) is 4.74 Å². The normalized spacial score (nSPS) is 16.5. The maximum atomic E-state index is 5.93. The molecule has 0 aromatic carbocycles. The summed E-state index contributed by atoms with van der Waals surface area (Å²) in [6.07, 6.45) is 2.27. The molecule has 5 nitrogen and oxygen atoms in total. The van der Waals surface area contributed by atoms with Gasteiger partial charge < -0.3 is 10.5 Å². The van der Waals surface area contributed by atoms with Crippen LogP contribution in [-0.4, -0.2) is 17.7 Å². The van der Waals surface area contributed by atoms with E-state index in [0.29, 0.717) is 10.8 Å². The molecule has 1 aromatic rings. The minimum atomic E-state index is -0.477. The number of nitrogen functional groups attached to an aromatic ring is 1. The summed E-state index contributed by atoms with van der Waals surface area (Å²) in [7, 11) is 1.64. The molecule has 0 aliphatic rings. The van der Waals surface area contributed by atoms with Gasteiger partial charge in [-0.25, -0.2) is 10.4 Å². The summed E-state index contributed by atoms with van der Waals surface area (Å²) < 4.78 is 5.52. The van der Waals surface area contributed by atoms with Gasteiger partial charge >= 0.3 is 0 Å². The first kappa shape index (κ1) is 14.2. The van der Waals surface area contributed by atoms with E-state index in [-0.39, 0.29) is 6.04 Å². The molecule has 0 amide bonds. The summed E-state index contributed by atoms with van der Waals surface area (Å²) in [6, 6.07) is 1.48. The molecule has 0 spiro atoms. The number of halogens is 1. The second-order valence-electron chi connectivity index (χ2n) is 4.10. The van der Waals surface area contributed by atoms with Crippen LogP contribution in [0.5, 0.6) is 0 Å². The van der Waals surface area contributed by atoms with Crippen molar-refractivity contribution in [3.63, 3.8) is 0 Å². The van der Waals surface area contributed by atoms with E-state index in [2.05, 4.69) is 10.4 Å². The number of aromatic nitrogens is 1. The predicted octanol–water partition coefficient (Wildman–Crippen LogP) is 1.64. The first-order valence-corrected chi connectivity index (χ1v) is 5.78. The maximum Gasteiger partial charge on any atom is 0.128 e. The smallest absolute Gasteiger partial charge is 0.128 e. The highest BCUT2D eigenvalue weighted by Crippen LogP contribution is 2.34. The molecular formula is C11H19ClN4O. The van der Waals surface area contributed by atoms with E-state index in [4.69, 9.17) is 27.9 Å². The van der Waals surface area contributed by atoms with E-state index in [9.17, 15) is 0 Å². The van der Waals surface area contributed by atoms with Crippen LogP contribution in [0.1, 0.15) is 31.9 Å². The Morgan fingerprint density at radius 3 is 2.76 bits per heavy atom. The van der Waals surface area contributed by atoms with Crippen molar-refractivity contribution in [2.24, 2.45) is 5.84 Å². The minimum Gasteiger partial charge on any atom is -0.383 e. The number of nitrogens with two attached hydrogens (primary N) is 2. The zero-order chi connectivity index (χ0) is 13.1. The molecule has 6 heteroatoms. The zero-order valence-electron chi connectivity index (χ0n) is 10.3. The van der Waals surface area contributed by atoms with Gasteiger partial charge in [0.05, 0.1) is 16.7 Å². The van der Waals surface area contributed by atoms with Crippen LogP contribution >= 0.6 is 11.6 Å². The van der Waals surface area contributed by atoms with Crippen LogP contribution in [0.3, 0.4) is 0 Å². The number of methoxy groups -OCH3 is 1. The van der Waals surface area contributed by atoms with E-state index in [0.717, 1.165) is 12.0 Å². The fourth-order valence-electron chi connectivity index (χ4n) is 1.76. The van der Waals surface area contributed by atoms with Crippen molar-refractivity contribution in [2.45, 2.75) is 31.9 Å². The van der Waals surface area contributed by atoms with Crippen molar-refractivity contribution in [1.82, 2.24) is 10.4 Å². The van der Waals surface area contributed by atoms with E-state index in [1.165, 1.54) is 6.20 Å². The largest absolute Gasteiger partial charge is 0.383 e. The Labute approximate surface area is 106 Å². The quantitative estimate of drug-likeness (QED) is 0.552. The highest BCUT2D eigenvalue weighted by atomic mass is 35.5. The van der Waals surface area contributed by atoms with Crippen molar-refractivity contribution in [3.8, 4) is 0 Å². The fraction of sp³-hybridized carbons (Fsp3) is 0.545. The minimum absolute atomic E-state index is 0.274. The number of pyridine rings is 1. The number of hydrogen-bond donors (Lipinski definition) is 3. The summed E-state index contributed by atoms with van der Waals surface area (Å²) in [6.45, 7) is 3.97. The van der Waals surface area contributed by atoms with Crippen LogP contribution in [0.4, 0.5) is 5.82 Å². The molecule has 2 atom stereocenters. The van der Waals surface area contributed by atoms with Crippen molar-refractivity contribution in [2.75, 3.05) is 12.8 Å². The van der Waals surface area contributed by atoms with Crippen LogP contribution in [0.15, 0.2) is 12.3 Å². The number of nitrogens with zero attached hydrogens (tertiary/aromatic N) is 1. The predicted molar refractivity (Wildman–Crippen MR) is 69.4 cm³/mol. The molecule has 0 fully saturated rings. The lowest BCUT2D eigenvalue weighted by molar-refractivity contribution is -0.0299. The number of nitrogens with one attached hydrogen (secondary N) is 1. The monoisotopic (exact) mass is 258 g/mol. The molecule has 17 heavy (non-hydrogen) atoms. The molecule has 1 aromatic heterocycles. The third-order valence-corrected chi connectivity index (χ3v) is 3.38. The van der Waals surface area contributed by atoms with Crippen molar-refractivity contribution in [3.05, 3.63) is 22.8 Å². The highest BCUT2D eigenvalue weighted by Gasteiger charge is 2.34. The molecule has 0 radical (unpaired) electrons. The summed E-state index contributed by atoms with van der Waals surface area (Å²) in [4.78, 5) is 4.02. The molecule has 2 unspecified atom stereocenters. The number of hydrazine groups is 1. The zero-order valence-corrected chi connectivity index (χ0v) is 11.1. The van der Waals surface area contributed by atoms with Gasteiger partial charge in [0, 0.05) is 18.9 Å². The fourth-order valence-corrected chi connectivity index (χ4v) is 1.92. The van der Waals surface area contributed by atoms with Crippen LogP contribution in [0.2, 0.25) is 5.02 Å². The van der Waals surface area contributed by atoms with Crippen LogP contribution in [0, 0.1) is 0 Å². The molecule has 0 saturated carbocycles. The second-order valence-corrected chi connectivity index (χ2v) is 4.53. The Bertz CT molecular complexity index is 382. The van der Waals surface area contributed by atoms with Crippen molar-refractivity contribution >= 4 is 17.4 Å². The lowest BCUT2D eigenvalue weighted by atomic mass is 9.88. The first-order chi connectivity index (χ1) is 7.98. The van der Waals surface area contributed by atoms with Gasteiger partial charge in [-0.15, -0.1) is 0 Å². The van der Waals surface area contributed by atoms with Gasteiger partial charge in [0.25, 0.3) is 0 Å². The van der Waals surface area contributed by atoms with Gasteiger partial charge in [-0.1, -0.05) is 18.5 Å². The molecule has 0 aliphatic heterocycles. The van der Waals surface area contributed by atoms with Gasteiger partial charge in [-0.2, -0.15) is 0 Å². The Balaban J connectivity index is 3.21. The Morgan fingerprint density at radius 1 is 1.65 bits per heavy atom. The van der Waals surface area contributed by atoms with Crippen molar-refractivity contribution < 1.29 is 4.74 Å². The number of rotatable bonds is 5. The van der Waals surface area contributed by atoms with Gasteiger partial charge in [0.15, 0.2) is 0 Å². The lowest BCUT2D eigenvalue weighted by Crippen LogP contribution is -2.46. The highest BCUT2D eigenvalue weighted by molar-refractivity contribution is 6.30. The Kier molecular flexibility index (Phi) is 4.70. The average Bonchev–Trinajstić information content (AvgIpc) is 2.34. The van der Waals surface area contributed by atoms with E-state index >= 15 is 0 Å². The van der Waals surface area contributed by atoms with Gasteiger partial charge in [-0.05, 0) is 19.4 Å². The number of hydrogen-bond acceptors (Lipinski definition) is 5. The molecular weight excluding hydrogens is 240 g/mol. The summed E-state index contributed by atoms with van der Waals surface area (Å²) in [5.74, 6) is 6.00. The summed E-state index contributed by atoms with van der Waals surface area (Å²) in [5, 5.41) is 0.518. The van der Waals surface area contributed by atoms with Gasteiger partial charge in [0.2, 0.25) is 0 Å². The van der Waals surface area contributed by atoms with Crippen LogP contribution in [0.25, 0.3) is 0 Å². The molecule has 0 aliphatic carbocycles. The second kappa shape index (κ2) is 5.64. The third kappa shape index (κ3) is 2.87.